The van der Waals surface area contributed by atoms with E-state index in [2.05, 4.69) is 20.3 Å². The summed E-state index contributed by atoms with van der Waals surface area (Å²) < 4.78 is 11.5. The summed E-state index contributed by atoms with van der Waals surface area (Å²) in [5, 5.41) is 2.40. The predicted molar refractivity (Wildman–Crippen MR) is 78.7 cm³/mol. The smallest absolute Gasteiger partial charge is 0.302 e. The van der Waals surface area contributed by atoms with Crippen molar-refractivity contribution in [1.82, 2.24) is 19.5 Å². The fourth-order valence-electron chi connectivity index (χ4n) is 1.68. The van der Waals surface area contributed by atoms with Crippen molar-refractivity contribution in [3.8, 4) is 0 Å². The third-order valence-electron chi connectivity index (χ3n) is 2.53. The van der Waals surface area contributed by atoms with E-state index >= 15 is 0 Å². The lowest BCUT2D eigenvalue weighted by atomic mass is 10.5. The normalized spacial score (nSPS) is 10.2. The first kappa shape index (κ1) is 18.3. The van der Waals surface area contributed by atoms with Gasteiger partial charge in [0.1, 0.15) is 13.3 Å². The van der Waals surface area contributed by atoms with Crippen LogP contribution in [-0.2, 0) is 25.8 Å². The Morgan fingerprint density at radius 1 is 1.35 bits per heavy atom. The van der Waals surface area contributed by atoms with E-state index in [1.165, 1.54) is 24.7 Å². The van der Waals surface area contributed by atoms with Gasteiger partial charge in [0.2, 0.25) is 11.9 Å². The summed E-state index contributed by atoms with van der Waals surface area (Å²) in [6.07, 6.45) is 1.40. The summed E-state index contributed by atoms with van der Waals surface area (Å²) in [5.74, 6) is -0.706. The van der Waals surface area contributed by atoms with Gasteiger partial charge in [-0.15, -0.1) is 0 Å². The highest BCUT2D eigenvalue weighted by Crippen LogP contribution is 2.08. The number of fused-ring (bicyclic) bond motifs is 1. The third kappa shape index (κ3) is 4.86. The number of anilines is 1. The van der Waals surface area contributed by atoms with Crippen molar-refractivity contribution in [1.29, 1.82) is 0 Å². The van der Waals surface area contributed by atoms with Gasteiger partial charge in [-0.1, -0.05) is 0 Å². The second kappa shape index (κ2) is 8.00. The SMILES string of the molecule is CC(=O)Nc1nc2c(ncn2COCCOC(C)=O)c(=O)[nH]1.O. The number of nitrogens with zero attached hydrogens (tertiary/aromatic N) is 3. The number of rotatable bonds is 6. The van der Waals surface area contributed by atoms with E-state index in [-0.39, 0.29) is 54.4 Å². The molecule has 0 fully saturated rings. The van der Waals surface area contributed by atoms with Crippen LogP contribution in [0.1, 0.15) is 13.8 Å². The van der Waals surface area contributed by atoms with Gasteiger partial charge in [0.25, 0.3) is 5.56 Å². The first-order valence-electron chi connectivity index (χ1n) is 6.41. The van der Waals surface area contributed by atoms with Gasteiger partial charge in [0.15, 0.2) is 11.2 Å². The van der Waals surface area contributed by atoms with Gasteiger partial charge in [-0.25, -0.2) is 4.98 Å². The molecule has 2 rings (SSSR count). The molecule has 11 nitrogen and oxygen atoms in total. The van der Waals surface area contributed by atoms with E-state index < -0.39 is 5.56 Å². The molecule has 0 saturated heterocycles. The van der Waals surface area contributed by atoms with E-state index in [9.17, 15) is 14.4 Å². The number of hydrogen-bond donors (Lipinski definition) is 2. The van der Waals surface area contributed by atoms with Crippen LogP contribution in [0.3, 0.4) is 0 Å². The van der Waals surface area contributed by atoms with Crippen LogP contribution in [0.4, 0.5) is 5.95 Å². The molecule has 23 heavy (non-hydrogen) atoms. The zero-order valence-corrected chi connectivity index (χ0v) is 12.6. The van der Waals surface area contributed by atoms with E-state index in [4.69, 9.17) is 9.47 Å². The number of H-pyrrole nitrogens is 1. The average molecular weight is 327 g/mol. The van der Waals surface area contributed by atoms with Crippen molar-refractivity contribution in [2.75, 3.05) is 18.5 Å². The molecule has 2 aromatic heterocycles. The van der Waals surface area contributed by atoms with Crippen LogP contribution in [-0.4, -0.2) is 50.1 Å². The summed E-state index contributed by atoms with van der Waals surface area (Å²) in [5.41, 5.74) is -0.0508. The Morgan fingerprint density at radius 2 is 2.09 bits per heavy atom. The maximum Gasteiger partial charge on any atom is 0.302 e. The number of esters is 1. The van der Waals surface area contributed by atoms with Crippen LogP contribution in [0, 0.1) is 0 Å². The van der Waals surface area contributed by atoms with Gasteiger partial charge in [-0.2, -0.15) is 4.98 Å². The largest absolute Gasteiger partial charge is 0.463 e. The van der Waals surface area contributed by atoms with Crippen molar-refractivity contribution in [2.45, 2.75) is 20.6 Å². The van der Waals surface area contributed by atoms with Crippen LogP contribution in [0.2, 0.25) is 0 Å². The average Bonchev–Trinajstić information content (AvgIpc) is 2.81. The van der Waals surface area contributed by atoms with Crippen molar-refractivity contribution < 1.29 is 24.5 Å². The molecule has 0 aliphatic carbocycles. The number of ether oxygens (including phenoxy) is 2. The van der Waals surface area contributed by atoms with Crippen molar-refractivity contribution in [3.63, 3.8) is 0 Å². The molecule has 0 aliphatic rings. The molecular formula is C12H17N5O6. The minimum absolute atomic E-state index is 0. The first-order valence-corrected chi connectivity index (χ1v) is 6.41. The zero-order valence-electron chi connectivity index (χ0n) is 12.6. The van der Waals surface area contributed by atoms with Crippen molar-refractivity contribution >= 4 is 29.0 Å². The molecule has 0 aliphatic heterocycles. The molecule has 0 bridgehead atoms. The van der Waals surface area contributed by atoms with Gasteiger partial charge in [-0.05, 0) is 0 Å². The molecule has 11 heteroatoms. The fraction of sp³-hybridized carbons (Fsp3) is 0.417. The Bertz CT molecular complexity index is 752. The molecule has 126 valence electrons. The fourth-order valence-corrected chi connectivity index (χ4v) is 1.68. The van der Waals surface area contributed by atoms with Crippen molar-refractivity contribution in [3.05, 3.63) is 16.7 Å². The van der Waals surface area contributed by atoms with Crippen molar-refractivity contribution in [2.24, 2.45) is 0 Å². The summed E-state index contributed by atoms with van der Waals surface area (Å²) in [7, 11) is 0. The number of imidazole rings is 1. The minimum atomic E-state index is -0.465. The Hall–Kier alpha value is -2.79. The van der Waals surface area contributed by atoms with E-state index in [0.717, 1.165) is 0 Å². The third-order valence-corrected chi connectivity index (χ3v) is 2.53. The molecule has 0 atom stereocenters. The molecule has 2 heterocycles. The van der Waals surface area contributed by atoms with E-state index in [1.807, 2.05) is 0 Å². The molecule has 2 aromatic rings. The highest BCUT2D eigenvalue weighted by atomic mass is 16.6. The Balaban J connectivity index is 0.00000264. The van der Waals surface area contributed by atoms with Crippen LogP contribution in [0.5, 0.6) is 0 Å². The zero-order chi connectivity index (χ0) is 16.1. The number of aromatic nitrogens is 4. The van der Waals surface area contributed by atoms with Gasteiger partial charge in [0, 0.05) is 13.8 Å². The number of nitrogens with one attached hydrogen (secondary N) is 2. The van der Waals surface area contributed by atoms with Crippen LogP contribution in [0.25, 0.3) is 11.2 Å². The number of hydrogen-bond acceptors (Lipinski definition) is 7. The summed E-state index contributed by atoms with van der Waals surface area (Å²) in [4.78, 5) is 43.9. The van der Waals surface area contributed by atoms with E-state index in [1.54, 1.807) is 0 Å². The molecule has 1 amide bonds. The second-order valence-electron chi connectivity index (χ2n) is 4.36. The monoisotopic (exact) mass is 327 g/mol. The predicted octanol–water partition coefficient (Wildman–Crippen LogP) is -1.21. The molecule has 0 saturated carbocycles. The van der Waals surface area contributed by atoms with Crippen LogP contribution < -0.4 is 10.9 Å². The quantitative estimate of drug-likeness (QED) is 0.497. The van der Waals surface area contributed by atoms with Gasteiger partial charge < -0.3 is 14.9 Å². The summed E-state index contributed by atoms with van der Waals surface area (Å²) in [6.45, 7) is 3.02. The topological polar surface area (TPSA) is 160 Å². The molecular weight excluding hydrogens is 310 g/mol. The highest BCUT2D eigenvalue weighted by molar-refractivity contribution is 5.87. The first-order chi connectivity index (χ1) is 10.5. The Morgan fingerprint density at radius 3 is 2.74 bits per heavy atom. The standard InChI is InChI=1S/C12H15N5O5.H2O/c1-7(18)14-12-15-10-9(11(20)16-12)13-5-17(10)6-21-3-4-22-8(2)19;/h5H,3-4,6H2,1-2H3,(H2,14,15,16,18,20);1H2. The van der Waals surface area contributed by atoms with Gasteiger partial charge in [0.05, 0.1) is 12.9 Å². The minimum Gasteiger partial charge on any atom is -0.463 e. The van der Waals surface area contributed by atoms with Gasteiger partial charge >= 0.3 is 5.97 Å². The Labute approximate surface area is 129 Å². The molecule has 4 N–H and O–H groups in total. The maximum atomic E-state index is 11.8. The van der Waals surface area contributed by atoms with E-state index in [0.29, 0.717) is 0 Å². The lowest BCUT2D eigenvalue weighted by Crippen LogP contribution is -2.17. The second-order valence-corrected chi connectivity index (χ2v) is 4.36. The summed E-state index contributed by atoms with van der Waals surface area (Å²) in [6, 6.07) is 0. The Kier molecular flexibility index (Phi) is 6.35. The highest BCUT2D eigenvalue weighted by Gasteiger charge is 2.11. The van der Waals surface area contributed by atoms with Gasteiger partial charge in [-0.3, -0.25) is 29.3 Å². The lowest BCUT2D eigenvalue weighted by molar-refractivity contribution is -0.142. The molecule has 0 spiro atoms. The van der Waals surface area contributed by atoms with Crippen LogP contribution in [0.15, 0.2) is 11.1 Å². The molecule has 0 unspecified atom stereocenters. The molecule has 0 aromatic carbocycles. The number of amides is 1. The maximum absolute atomic E-state index is 11.8. The van der Waals surface area contributed by atoms with Crippen LogP contribution >= 0.6 is 0 Å². The number of aromatic amines is 1. The number of carbonyl (C=O) groups excluding carboxylic acids is 2. The number of carbonyl (C=O) groups is 2. The lowest BCUT2D eigenvalue weighted by Gasteiger charge is -2.06. The molecule has 0 radical (unpaired) electrons. The summed E-state index contributed by atoms with van der Waals surface area (Å²) >= 11 is 0.